The van der Waals surface area contributed by atoms with Crippen LogP contribution in [0.15, 0.2) is 30.5 Å². The molecular weight excluding hydrogens is 266 g/mol. The lowest BCUT2D eigenvalue weighted by Crippen LogP contribution is -2.31. The van der Waals surface area contributed by atoms with Crippen molar-refractivity contribution in [3.63, 3.8) is 0 Å². The van der Waals surface area contributed by atoms with Gasteiger partial charge < -0.3 is 5.32 Å². The van der Waals surface area contributed by atoms with Gasteiger partial charge in [-0.1, -0.05) is 26.0 Å². The summed E-state index contributed by atoms with van der Waals surface area (Å²) in [6.45, 7) is 7.28. The van der Waals surface area contributed by atoms with E-state index in [1.165, 1.54) is 6.07 Å². The Kier molecular flexibility index (Phi) is 4.85. The molecule has 0 bridgehead atoms. The first-order valence-electron chi connectivity index (χ1n) is 7.35. The number of para-hydroxylation sites is 1. The van der Waals surface area contributed by atoms with Crippen molar-refractivity contribution in [2.75, 3.05) is 6.54 Å². The third kappa shape index (κ3) is 3.03. The Hall–Kier alpha value is -2.01. The number of fused-ring (bicyclic) bond motifs is 1. The van der Waals surface area contributed by atoms with Gasteiger partial charge in [-0.05, 0) is 37.4 Å². The second-order valence-corrected chi connectivity index (χ2v) is 5.19. The average molecular weight is 287 g/mol. The van der Waals surface area contributed by atoms with Crippen LogP contribution in [0, 0.1) is 10.1 Å². The van der Waals surface area contributed by atoms with E-state index in [4.69, 9.17) is 0 Å². The third-order valence-electron chi connectivity index (χ3n) is 3.95. The SMILES string of the molecule is CCNC(C)C(CC)c1ccnc2c([N+](=O)[O-])cccc12. The van der Waals surface area contributed by atoms with Crippen LogP contribution in [-0.4, -0.2) is 22.5 Å². The number of rotatable bonds is 6. The normalized spacial score (nSPS) is 14.0. The van der Waals surface area contributed by atoms with Gasteiger partial charge in [-0.15, -0.1) is 0 Å². The van der Waals surface area contributed by atoms with E-state index in [0.29, 0.717) is 17.5 Å². The first-order valence-corrected chi connectivity index (χ1v) is 7.35. The first kappa shape index (κ1) is 15.4. The van der Waals surface area contributed by atoms with E-state index >= 15 is 0 Å². The third-order valence-corrected chi connectivity index (χ3v) is 3.95. The molecule has 1 aromatic heterocycles. The van der Waals surface area contributed by atoms with Gasteiger partial charge in [-0.2, -0.15) is 0 Å². The highest BCUT2D eigenvalue weighted by molar-refractivity contribution is 5.89. The van der Waals surface area contributed by atoms with Gasteiger partial charge in [0.2, 0.25) is 0 Å². The molecule has 2 rings (SSSR count). The number of likely N-dealkylation sites (N-methyl/N-ethyl adjacent to an activating group) is 1. The topological polar surface area (TPSA) is 68.1 Å². The monoisotopic (exact) mass is 287 g/mol. The van der Waals surface area contributed by atoms with Gasteiger partial charge >= 0.3 is 0 Å². The lowest BCUT2D eigenvalue weighted by Gasteiger charge is -2.25. The molecule has 2 unspecified atom stereocenters. The quantitative estimate of drug-likeness (QED) is 0.650. The highest BCUT2D eigenvalue weighted by Crippen LogP contribution is 2.32. The fraction of sp³-hybridized carbons (Fsp3) is 0.438. The van der Waals surface area contributed by atoms with E-state index in [1.807, 2.05) is 12.1 Å². The first-order chi connectivity index (χ1) is 10.1. The molecule has 1 aromatic carbocycles. The molecule has 0 saturated carbocycles. The van der Waals surface area contributed by atoms with Crippen LogP contribution in [0.1, 0.15) is 38.7 Å². The fourth-order valence-electron chi connectivity index (χ4n) is 2.96. The summed E-state index contributed by atoms with van der Waals surface area (Å²) in [5.41, 5.74) is 1.67. The largest absolute Gasteiger partial charge is 0.314 e. The maximum atomic E-state index is 11.2. The van der Waals surface area contributed by atoms with Gasteiger partial charge in [-0.25, -0.2) is 4.98 Å². The molecule has 2 aromatic rings. The van der Waals surface area contributed by atoms with E-state index in [-0.39, 0.29) is 10.6 Å². The predicted molar refractivity (Wildman–Crippen MR) is 84.6 cm³/mol. The van der Waals surface area contributed by atoms with Gasteiger partial charge in [0.25, 0.3) is 5.69 Å². The Balaban J connectivity index is 2.59. The summed E-state index contributed by atoms with van der Waals surface area (Å²) in [4.78, 5) is 15.0. The van der Waals surface area contributed by atoms with Crippen molar-refractivity contribution >= 4 is 16.6 Å². The van der Waals surface area contributed by atoms with Gasteiger partial charge in [0.15, 0.2) is 0 Å². The van der Waals surface area contributed by atoms with Crippen LogP contribution in [0.3, 0.4) is 0 Å². The van der Waals surface area contributed by atoms with Crippen molar-refractivity contribution in [1.82, 2.24) is 10.3 Å². The Bertz CT molecular complexity index is 642. The van der Waals surface area contributed by atoms with Crippen LogP contribution in [0.5, 0.6) is 0 Å². The molecule has 1 heterocycles. The van der Waals surface area contributed by atoms with E-state index in [0.717, 1.165) is 23.9 Å². The summed E-state index contributed by atoms with van der Waals surface area (Å²) in [6, 6.07) is 7.45. The number of hydrogen-bond acceptors (Lipinski definition) is 4. The second-order valence-electron chi connectivity index (χ2n) is 5.19. The van der Waals surface area contributed by atoms with Crippen LogP contribution in [0.2, 0.25) is 0 Å². The second kappa shape index (κ2) is 6.63. The van der Waals surface area contributed by atoms with Gasteiger partial charge in [0, 0.05) is 23.7 Å². The van der Waals surface area contributed by atoms with Gasteiger partial charge in [-0.3, -0.25) is 10.1 Å². The maximum absolute atomic E-state index is 11.2. The number of non-ortho nitro benzene ring substituents is 1. The molecule has 0 amide bonds. The highest BCUT2D eigenvalue weighted by atomic mass is 16.6. The summed E-state index contributed by atoms with van der Waals surface area (Å²) in [7, 11) is 0. The summed E-state index contributed by atoms with van der Waals surface area (Å²) < 4.78 is 0. The molecule has 0 fully saturated rings. The molecule has 0 aliphatic carbocycles. The fourth-order valence-corrected chi connectivity index (χ4v) is 2.96. The van der Waals surface area contributed by atoms with Crippen molar-refractivity contribution in [1.29, 1.82) is 0 Å². The standard InChI is InChI=1S/C16H21N3O2/c1-4-12(11(3)17-5-2)13-9-10-18-16-14(13)7-6-8-15(16)19(20)21/h6-12,17H,4-5H2,1-3H3. The minimum absolute atomic E-state index is 0.0697. The zero-order valence-corrected chi connectivity index (χ0v) is 12.7. The van der Waals surface area contributed by atoms with Crippen molar-refractivity contribution < 1.29 is 4.92 Å². The number of benzene rings is 1. The zero-order chi connectivity index (χ0) is 15.4. The molecule has 5 nitrogen and oxygen atoms in total. The van der Waals surface area contributed by atoms with Gasteiger partial charge in [0.05, 0.1) is 4.92 Å². The number of nitrogens with zero attached hydrogens (tertiary/aromatic N) is 2. The Morgan fingerprint density at radius 1 is 1.33 bits per heavy atom. The van der Waals surface area contributed by atoms with Crippen molar-refractivity contribution in [2.45, 2.75) is 39.2 Å². The minimum atomic E-state index is -0.367. The molecule has 0 spiro atoms. The maximum Gasteiger partial charge on any atom is 0.295 e. The molecule has 0 saturated heterocycles. The summed E-state index contributed by atoms with van der Waals surface area (Å²) >= 11 is 0. The zero-order valence-electron chi connectivity index (χ0n) is 12.7. The number of pyridine rings is 1. The van der Waals surface area contributed by atoms with Crippen LogP contribution >= 0.6 is 0 Å². The predicted octanol–water partition coefficient (Wildman–Crippen LogP) is 3.63. The number of nitrogens with one attached hydrogen (secondary N) is 1. The molecular formula is C16H21N3O2. The Labute approximate surface area is 124 Å². The number of hydrogen-bond donors (Lipinski definition) is 1. The smallest absolute Gasteiger partial charge is 0.295 e. The molecule has 21 heavy (non-hydrogen) atoms. The summed E-state index contributed by atoms with van der Waals surface area (Å²) in [5.74, 6) is 0.303. The molecule has 2 atom stereocenters. The molecule has 0 radical (unpaired) electrons. The van der Waals surface area contributed by atoms with E-state index in [9.17, 15) is 10.1 Å². The van der Waals surface area contributed by atoms with Crippen LogP contribution < -0.4 is 5.32 Å². The average Bonchev–Trinajstić information content (AvgIpc) is 2.47. The molecule has 5 heteroatoms. The van der Waals surface area contributed by atoms with Crippen molar-refractivity contribution in [2.24, 2.45) is 0 Å². The lowest BCUT2D eigenvalue weighted by atomic mass is 9.87. The van der Waals surface area contributed by atoms with Crippen LogP contribution in [0.25, 0.3) is 10.9 Å². The molecule has 112 valence electrons. The van der Waals surface area contributed by atoms with E-state index < -0.39 is 0 Å². The highest BCUT2D eigenvalue weighted by Gasteiger charge is 2.21. The van der Waals surface area contributed by atoms with Crippen molar-refractivity contribution in [3.8, 4) is 0 Å². The Morgan fingerprint density at radius 2 is 2.10 bits per heavy atom. The number of aromatic nitrogens is 1. The van der Waals surface area contributed by atoms with Gasteiger partial charge in [0.1, 0.15) is 5.52 Å². The number of nitro groups is 1. The molecule has 0 aliphatic heterocycles. The lowest BCUT2D eigenvalue weighted by molar-refractivity contribution is -0.383. The molecule has 0 aliphatic rings. The molecule has 1 N–H and O–H groups in total. The Morgan fingerprint density at radius 3 is 2.71 bits per heavy atom. The summed E-state index contributed by atoms with van der Waals surface area (Å²) in [5, 5.41) is 15.5. The van der Waals surface area contributed by atoms with Crippen molar-refractivity contribution in [3.05, 3.63) is 46.1 Å². The minimum Gasteiger partial charge on any atom is -0.314 e. The van der Waals surface area contributed by atoms with E-state index in [2.05, 4.69) is 31.1 Å². The summed E-state index contributed by atoms with van der Waals surface area (Å²) in [6.07, 6.45) is 2.64. The van der Waals surface area contributed by atoms with Crippen LogP contribution in [-0.2, 0) is 0 Å². The van der Waals surface area contributed by atoms with Crippen LogP contribution in [0.4, 0.5) is 5.69 Å². The van der Waals surface area contributed by atoms with E-state index in [1.54, 1.807) is 12.3 Å². The number of nitro benzene ring substituents is 1.